The van der Waals surface area contributed by atoms with Crippen molar-refractivity contribution in [2.24, 2.45) is 11.8 Å². The fourth-order valence-corrected chi connectivity index (χ4v) is 3.57. The normalized spacial score (nSPS) is 24.0. The summed E-state index contributed by atoms with van der Waals surface area (Å²) in [6, 6.07) is 5.56. The van der Waals surface area contributed by atoms with E-state index in [4.69, 9.17) is 11.6 Å². The molecule has 0 amide bonds. The molecule has 3 heteroatoms. The van der Waals surface area contributed by atoms with Crippen LogP contribution in [0.15, 0.2) is 18.2 Å². The summed E-state index contributed by atoms with van der Waals surface area (Å²) in [4.78, 5) is 0. The molecule has 0 aliphatic heterocycles. The van der Waals surface area contributed by atoms with Crippen LogP contribution >= 0.6 is 11.6 Å². The van der Waals surface area contributed by atoms with Gasteiger partial charge in [-0.2, -0.15) is 0 Å². The molecular weight excluding hydrogens is 285 g/mol. The van der Waals surface area contributed by atoms with Gasteiger partial charge in [-0.25, -0.2) is 4.39 Å². The summed E-state index contributed by atoms with van der Waals surface area (Å²) >= 11 is 6.13. The van der Waals surface area contributed by atoms with E-state index >= 15 is 0 Å². The monoisotopic (exact) mass is 311 g/mol. The van der Waals surface area contributed by atoms with E-state index in [-0.39, 0.29) is 5.82 Å². The summed E-state index contributed by atoms with van der Waals surface area (Å²) < 4.78 is 13.6. The molecule has 1 N–H and O–H groups in total. The molecule has 21 heavy (non-hydrogen) atoms. The van der Waals surface area contributed by atoms with Crippen molar-refractivity contribution in [2.75, 3.05) is 6.54 Å². The topological polar surface area (TPSA) is 12.0 Å². The Kier molecular flexibility index (Phi) is 6.50. The highest BCUT2D eigenvalue weighted by atomic mass is 35.5. The fourth-order valence-electron chi connectivity index (χ4n) is 3.37. The van der Waals surface area contributed by atoms with E-state index in [2.05, 4.69) is 19.2 Å². The van der Waals surface area contributed by atoms with Crippen LogP contribution in [0.3, 0.4) is 0 Å². The Hall–Kier alpha value is -0.600. The molecule has 1 nitrogen and oxygen atoms in total. The molecule has 1 saturated carbocycles. The standard InChI is InChI=1S/C18H27ClFN/c1-3-11-21-17(14-9-7-13(2)8-10-14)12-15-5-4-6-16(20)18(15)19/h4-6,13-14,17,21H,3,7-12H2,1-2H3. The number of hydrogen-bond acceptors (Lipinski definition) is 1. The highest BCUT2D eigenvalue weighted by Gasteiger charge is 2.26. The third-order valence-corrected chi connectivity index (χ3v) is 5.18. The first-order chi connectivity index (χ1) is 10.1. The van der Waals surface area contributed by atoms with E-state index in [1.807, 2.05) is 6.07 Å². The van der Waals surface area contributed by atoms with Crippen LogP contribution in [-0.4, -0.2) is 12.6 Å². The number of halogens is 2. The summed E-state index contributed by atoms with van der Waals surface area (Å²) in [5.41, 5.74) is 0.934. The van der Waals surface area contributed by atoms with Crippen molar-refractivity contribution >= 4 is 11.6 Å². The number of hydrogen-bond donors (Lipinski definition) is 1. The third-order valence-electron chi connectivity index (χ3n) is 4.76. The van der Waals surface area contributed by atoms with E-state index in [0.717, 1.165) is 30.9 Å². The van der Waals surface area contributed by atoms with Gasteiger partial charge in [0.25, 0.3) is 0 Å². The molecule has 118 valence electrons. The van der Waals surface area contributed by atoms with Crippen LogP contribution in [0.5, 0.6) is 0 Å². The van der Waals surface area contributed by atoms with Crippen LogP contribution in [0.25, 0.3) is 0 Å². The summed E-state index contributed by atoms with van der Waals surface area (Å²) in [6.07, 6.45) is 7.12. The molecule has 1 aromatic rings. The Balaban J connectivity index is 2.06. The second-order valence-corrected chi connectivity index (χ2v) is 6.88. The van der Waals surface area contributed by atoms with Crippen LogP contribution in [0.2, 0.25) is 5.02 Å². The Bertz CT molecular complexity index is 441. The molecule has 1 unspecified atom stereocenters. The van der Waals surface area contributed by atoms with E-state index in [1.165, 1.54) is 31.7 Å². The van der Waals surface area contributed by atoms with Crippen LogP contribution in [0.1, 0.15) is 51.5 Å². The van der Waals surface area contributed by atoms with E-state index in [0.29, 0.717) is 17.0 Å². The lowest BCUT2D eigenvalue weighted by Crippen LogP contribution is -2.40. The van der Waals surface area contributed by atoms with Gasteiger partial charge in [0, 0.05) is 6.04 Å². The summed E-state index contributed by atoms with van der Waals surface area (Å²) in [7, 11) is 0. The molecule has 0 bridgehead atoms. The number of rotatable bonds is 6. The predicted molar refractivity (Wildman–Crippen MR) is 88.3 cm³/mol. The zero-order valence-corrected chi connectivity index (χ0v) is 13.9. The Morgan fingerprint density at radius 1 is 1.29 bits per heavy atom. The van der Waals surface area contributed by atoms with Gasteiger partial charge in [-0.05, 0) is 55.7 Å². The maximum atomic E-state index is 13.6. The van der Waals surface area contributed by atoms with Crippen molar-refractivity contribution in [2.45, 2.75) is 58.4 Å². The van der Waals surface area contributed by atoms with Gasteiger partial charge < -0.3 is 5.32 Å². The minimum absolute atomic E-state index is 0.296. The molecule has 1 aliphatic rings. The van der Waals surface area contributed by atoms with E-state index in [1.54, 1.807) is 6.07 Å². The molecule has 2 rings (SSSR count). The minimum atomic E-state index is -0.305. The van der Waals surface area contributed by atoms with Gasteiger partial charge in [0.2, 0.25) is 0 Å². The van der Waals surface area contributed by atoms with Gasteiger partial charge in [-0.1, -0.05) is 50.4 Å². The first-order valence-electron chi connectivity index (χ1n) is 8.28. The Morgan fingerprint density at radius 3 is 2.67 bits per heavy atom. The van der Waals surface area contributed by atoms with Crippen molar-refractivity contribution in [1.29, 1.82) is 0 Å². The van der Waals surface area contributed by atoms with Crippen molar-refractivity contribution in [3.05, 3.63) is 34.6 Å². The first kappa shape index (κ1) is 16.8. The van der Waals surface area contributed by atoms with Gasteiger partial charge in [0.15, 0.2) is 0 Å². The fraction of sp³-hybridized carbons (Fsp3) is 0.667. The van der Waals surface area contributed by atoms with Crippen molar-refractivity contribution in [3.8, 4) is 0 Å². The van der Waals surface area contributed by atoms with Gasteiger partial charge in [0.05, 0.1) is 5.02 Å². The zero-order valence-electron chi connectivity index (χ0n) is 13.2. The van der Waals surface area contributed by atoms with Gasteiger partial charge in [0.1, 0.15) is 5.82 Å². The zero-order chi connectivity index (χ0) is 15.2. The average Bonchev–Trinajstić information content (AvgIpc) is 2.49. The third kappa shape index (κ3) is 4.69. The highest BCUT2D eigenvalue weighted by Crippen LogP contribution is 2.32. The van der Waals surface area contributed by atoms with Crippen LogP contribution < -0.4 is 5.32 Å². The molecule has 1 aromatic carbocycles. The molecule has 0 saturated heterocycles. The van der Waals surface area contributed by atoms with Gasteiger partial charge >= 0.3 is 0 Å². The minimum Gasteiger partial charge on any atom is -0.313 e. The van der Waals surface area contributed by atoms with Crippen LogP contribution in [0, 0.1) is 17.7 Å². The van der Waals surface area contributed by atoms with E-state index < -0.39 is 0 Å². The SMILES string of the molecule is CCCNC(Cc1cccc(F)c1Cl)C1CCC(C)CC1. The largest absolute Gasteiger partial charge is 0.313 e. The van der Waals surface area contributed by atoms with Crippen LogP contribution in [-0.2, 0) is 6.42 Å². The summed E-state index contributed by atoms with van der Waals surface area (Å²) in [6.45, 7) is 5.54. The lowest BCUT2D eigenvalue weighted by atomic mass is 9.77. The second-order valence-electron chi connectivity index (χ2n) is 6.50. The molecule has 0 heterocycles. The maximum absolute atomic E-state index is 13.6. The molecular formula is C18H27ClFN. The van der Waals surface area contributed by atoms with Crippen LogP contribution in [0.4, 0.5) is 4.39 Å². The van der Waals surface area contributed by atoms with Crippen molar-refractivity contribution < 1.29 is 4.39 Å². The number of nitrogens with one attached hydrogen (secondary N) is 1. The lowest BCUT2D eigenvalue weighted by Gasteiger charge is -2.33. The Morgan fingerprint density at radius 2 is 2.00 bits per heavy atom. The summed E-state index contributed by atoms with van der Waals surface area (Å²) in [5, 5.41) is 3.96. The molecule has 0 aromatic heterocycles. The number of benzene rings is 1. The molecule has 1 atom stereocenters. The highest BCUT2D eigenvalue weighted by molar-refractivity contribution is 6.31. The maximum Gasteiger partial charge on any atom is 0.142 e. The van der Waals surface area contributed by atoms with Gasteiger partial charge in [-0.15, -0.1) is 0 Å². The Labute approximate surface area is 133 Å². The molecule has 1 aliphatic carbocycles. The van der Waals surface area contributed by atoms with Crippen molar-refractivity contribution in [3.63, 3.8) is 0 Å². The average molecular weight is 312 g/mol. The quantitative estimate of drug-likeness (QED) is 0.760. The molecule has 1 fully saturated rings. The second kappa shape index (κ2) is 8.14. The van der Waals surface area contributed by atoms with Gasteiger partial charge in [-0.3, -0.25) is 0 Å². The van der Waals surface area contributed by atoms with E-state index in [9.17, 15) is 4.39 Å². The smallest absolute Gasteiger partial charge is 0.142 e. The van der Waals surface area contributed by atoms with Crippen molar-refractivity contribution in [1.82, 2.24) is 5.32 Å². The predicted octanol–water partition coefficient (Wildman–Crippen LogP) is 5.22. The summed E-state index contributed by atoms with van der Waals surface area (Å²) in [5.74, 6) is 1.23. The molecule has 0 spiro atoms. The molecule has 0 radical (unpaired) electrons. The lowest BCUT2D eigenvalue weighted by molar-refractivity contribution is 0.229. The first-order valence-corrected chi connectivity index (χ1v) is 8.65.